The van der Waals surface area contributed by atoms with Gasteiger partial charge in [0.05, 0.1) is 61.3 Å². The molecule has 0 aliphatic carbocycles. The molecule has 4 aliphatic heterocycles. The number of hydrogen-bond acceptors (Lipinski definition) is 17. The first-order chi connectivity index (χ1) is 30.7. The first-order valence-electron chi connectivity index (χ1n) is 20.6. The minimum absolute atomic E-state index is 0.0569. The highest BCUT2D eigenvalue weighted by atomic mass is 33.1. The van der Waals surface area contributed by atoms with Gasteiger partial charge < -0.3 is 53.5 Å². The zero-order valence-corrected chi connectivity index (χ0v) is 37.2. The molecule has 4 atom stereocenters. The van der Waals surface area contributed by atoms with Crippen molar-refractivity contribution in [3.05, 3.63) is 88.1 Å². The topological polar surface area (TPSA) is 227 Å². The summed E-state index contributed by atoms with van der Waals surface area (Å²) < 4.78 is 29.1. The van der Waals surface area contributed by atoms with E-state index in [1.165, 1.54) is 76.6 Å². The maximum absolute atomic E-state index is 14.0. The summed E-state index contributed by atoms with van der Waals surface area (Å²) in [5.41, 5.74) is 2.21. The number of nitro groups is 1. The molecule has 4 aliphatic rings. The Morgan fingerprint density at radius 2 is 1.42 bits per heavy atom. The van der Waals surface area contributed by atoms with Crippen molar-refractivity contribution in [1.29, 1.82) is 0 Å². The van der Waals surface area contributed by atoms with E-state index in [4.69, 9.17) is 23.7 Å². The number of pyridine rings is 1. The largest absolute Gasteiger partial charge is 0.493 e. The Bertz CT molecular complexity index is 2310. The van der Waals surface area contributed by atoms with Crippen LogP contribution in [-0.4, -0.2) is 137 Å². The number of nitrogens with zero attached hydrogens (tertiary/aromatic N) is 6. The molecule has 340 valence electrons. The van der Waals surface area contributed by atoms with Crippen LogP contribution in [0.2, 0.25) is 6.82 Å². The predicted octanol–water partition coefficient (Wildman–Crippen LogP) is 5.14. The fraction of sp³-hybridized carbons (Fsp3) is 0.429. The molecule has 7 rings (SSSR count). The van der Waals surface area contributed by atoms with E-state index in [0.717, 1.165) is 22.2 Å². The van der Waals surface area contributed by atoms with E-state index < -0.39 is 48.5 Å². The van der Waals surface area contributed by atoms with Crippen molar-refractivity contribution >= 4 is 63.6 Å². The van der Waals surface area contributed by atoms with Crippen molar-refractivity contribution in [2.75, 3.05) is 62.6 Å². The third kappa shape index (κ3) is 9.55. The lowest BCUT2D eigenvalue weighted by molar-refractivity contribution is -0.385. The zero-order valence-electron chi connectivity index (χ0n) is 35.5. The number of fused-ring (bicyclic) bond motifs is 4. The second-order valence-electron chi connectivity index (χ2n) is 15.6. The lowest BCUT2D eigenvalue weighted by Crippen LogP contribution is -2.53. The van der Waals surface area contributed by atoms with Gasteiger partial charge in [0.2, 0.25) is 0 Å². The van der Waals surface area contributed by atoms with E-state index in [0.29, 0.717) is 60.2 Å². The van der Waals surface area contributed by atoms with E-state index in [2.05, 4.69) is 18.1 Å². The number of carbonyl (C=O) groups excluding carboxylic acids is 3. The lowest BCUT2D eigenvalue weighted by Gasteiger charge is -2.34. The Kier molecular flexibility index (Phi) is 14.5. The van der Waals surface area contributed by atoms with E-state index in [1.807, 2.05) is 0 Å². The van der Waals surface area contributed by atoms with Gasteiger partial charge in [-0.15, -0.1) is 0 Å². The fourth-order valence-electron chi connectivity index (χ4n) is 8.22. The van der Waals surface area contributed by atoms with Crippen molar-refractivity contribution in [2.45, 2.75) is 68.5 Å². The number of ether oxygens (including phenoxy) is 5. The normalized spacial score (nSPS) is 20.2. The van der Waals surface area contributed by atoms with Gasteiger partial charge in [0.15, 0.2) is 29.2 Å². The van der Waals surface area contributed by atoms with Crippen molar-refractivity contribution in [3.63, 3.8) is 0 Å². The van der Waals surface area contributed by atoms with Crippen LogP contribution in [0, 0.1) is 10.1 Å². The number of amides is 3. The minimum Gasteiger partial charge on any atom is -0.493 e. The number of rotatable bonds is 17. The van der Waals surface area contributed by atoms with Crippen LogP contribution >= 0.6 is 21.6 Å². The summed E-state index contributed by atoms with van der Waals surface area (Å²) in [4.78, 5) is 61.4. The SMILES string of the molecule is C=C1C[C@H]2[C@H](O)N(B(C)O)c3cc(OCCCCCOc4cc5c(cc4OC)C(=O)N4CC(=C)C[C@H]4[C@H](O)N5C(=O)OCCSSc4ccc([N+](=O)[O-])cn4)c(OC)cc3C(=O)N2C1. The number of aromatic nitrogens is 1. The molecule has 3 aromatic rings. The highest BCUT2D eigenvalue weighted by molar-refractivity contribution is 8.76. The maximum Gasteiger partial charge on any atom is 0.416 e. The molecular weight excluding hydrogens is 871 g/mol. The van der Waals surface area contributed by atoms with Gasteiger partial charge in [-0.05, 0) is 67.9 Å². The average Bonchev–Trinajstić information content (AvgIpc) is 3.84. The van der Waals surface area contributed by atoms with Gasteiger partial charge in [0.25, 0.3) is 17.5 Å². The van der Waals surface area contributed by atoms with E-state index in [-0.39, 0.29) is 72.7 Å². The average molecular weight is 921 g/mol. The Balaban J connectivity index is 0.983. The molecule has 2 fully saturated rings. The van der Waals surface area contributed by atoms with Crippen molar-refractivity contribution in [1.82, 2.24) is 14.8 Å². The quantitative estimate of drug-likeness (QED) is 0.0398. The minimum atomic E-state index is -1.47. The number of aliphatic hydroxyl groups excluding tert-OH is 2. The van der Waals surface area contributed by atoms with Crippen LogP contribution < -0.4 is 28.7 Å². The first-order valence-corrected chi connectivity index (χ1v) is 22.9. The van der Waals surface area contributed by atoms with Crippen LogP contribution in [-0.2, 0) is 4.74 Å². The molecule has 1 aromatic heterocycles. The molecule has 19 nitrogen and oxygen atoms in total. The second kappa shape index (κ2) is 20.0. The van der Waals surface area contributed by atoms with Crippen molar-refractivity contribution in [2.24, 2.45) is 0 Å². The third-order valence-electron chi connectivity index (χ3n) is 11.3. The number of unbranched alkanes of at least 4 members (excludes halogenated alkanes) is 2. The number of hydrogen-bond donors (Lipinski definition) is 3. The number of carbonyl (C=O) groups is 3. The molecule has 64 heavy (non-hydrogen) atoms. The summed E-state index contributed by atoms with van der Waals surface area (Å²) in [7, 11) is 4.36. The summed E-state index contributed by atoms with van der Waals surface area (Å²) in [5.74, 6) is 0.751. The molecule has 2 saturated heterocycles. The van der Waals surface area contributed by atoms with Gasteiger partial charge in [0, 0.05) is 42.7 Å². The van der Waals surface area contributed by atoms with Gasteiger partial charge in [-0.25, -0.2) is 14.7 Å². The Morgan fingerprint density at radius 3 is 1.95 bits per heavy atom. The summed E-state index contributed by atoms with van der Waals surface area (Å²) in [5, 5.41) is 45.2. The molecule has 5 heterocycles. The summed E-state index contributed by atoms with van der Waals surface area (Å²) >= 11 is 0. The molecule has 2 aromatic carbocycles. The highest BCUT2D eigenvalue weighted by Crippen LogP contribution is 2.44. The summed E-state index contributed by atoms with van der Waals surface area (Å²) in [6.07, 6.45) is 0.142. The van der Waals surface area contributed by atoms with Crippen LogP contribution in [0.3, 0.4) is 0 Å². The molecule has 0 spiro atoms. The van der Waals surface area contributed by atoms with Crippen molar-refractivity contribution in [3.8, 4) is 23.0 Å². The molecule has 0 bridgehead atoms. The first kappa shape index (κ1) is 46.3. The number of benzene rings is 2. The van der Waals surface area contributed by atoms with Crippen LogP contribution in [0.25, 0.3) is 0 Å². The Labute approximate surface area is 377 Å². The predicted molar refractivity (Wildman–Crippen MR) is 239 cm³/mol. The van der Waals surface area contributed by atoms with Gasteiger partial charge in [-0.2, -0.15) is 0 Å². The van der Waals surface area contributed by atoms with Crippen LogP contribution in [0.4, 0.5) is 21.9 Å². The van der Waals surface area contributed by atoms with E-state index in [1.54, 1.807) is 17.0 Å². The van der Waals surface area contributed by atoms with Crippen molar-refractivity contribution < 1.29 is 58.2 Å². The zero-order chi connectivity index (χ0) is 45.8. The number of anilines is 2. The smallest absolute Gasteiger partial charge is 0.416 e. The molecule has 0 unspecified atom stereocenters. The second-order valence-corrected chi connectivity index (χ2v) is 18.0. The Hall–Kier alpha value is -5.68. The fourth-order valence-corrected chi connectivity index (χ4v) is 9.91. The van der Waals surface area contributed by atoms with Gasteiger partial charge >= 0.3 is 13.1 Å². The molecule has 0 saturated carbocycles. The standard InChI is InChI=1S/C42H49BN6O13S2/c1-24-15-31-40(52)47(42(54)62-13-14-63-64-37-10-9-26(21-44-37)49(56)57)29-19-35(33(58-4)17-27(29)38(50)45(31)22-24)60-11-7-6-8-12-61-36-20-30-28(18-34(36)59-5)39(51)46-23-25(2)16-32(46)41(53)48(30)43(3)55/h9-10,17-21,31-32,40-41,52-53,55H,1-2,6-8,11-16,22-23H2,3-5H3/t31-,32-,40-,41-/m0/s1. The van der Waals surface area contributed by atoms with Gasteiger partial charge in [-0.1, -0.05) is 35.1 Å². The number of aliphatic hydroxyl groups is 2. The van der Waals surface area contributed by atoms with Crippen LogP contribution in [0.5, 0.6) is 23.0 Å². The molecular formula is C42H49BN6O13S2. The lowest BCUT2D eigenvalue weighted by atomic mass is 9.82. The highest BCUT2D eigenvalue weighted by Gasteiger charge is 2.47. The van der Waals surface area contributed by atoms with Crippen LogP contribution in [0.15, 0.2) is 71.9 Å². The van der Waals surface area contributed by atoms with Gasteiger partial charge in [-0.3, -0.25) is 19.7 Å². The summed E-state index contributed by atoms with van der Waals surface area (Å²) in [6, 6.07) is 7.68. The maximum atomic E-state index is 14.0. The molecule has 3 amide bonds. The van der Waals surface area contributed by atoms with E-state index in [9.17, 15) is 39.7 Å². The summed E-state index contributed by atoms with van der Waals surface area (Å²) in [6.45, 7) is 10.5. The Morgan fingerprint density at radius 1 is 0.859 bits per heavy atom. The van der Waals surface area contributed by atoms with Gasteiger partial charge in [0.1, 0.15) is 24.1 Å². The monoisotopic (exact) mass is 920 g/mol. The number of methoxy groups -OCH3 is 2. The third-order valence-corrected chi connectivity index (χ3v) is 13.5. The molecule has 0 radical (unpaired) electrons. The molecule has 3 N–H and O–H groups in total. The van der Waals surface area contributed by atoms with E-state index >= 15 is 0 Å². The molecule has 22 heteroatoms. The van der Waals surface area contributed by atoms with Crippen LogP contribution in [0.1, 0.15) is 52.8 Å².